The minimum atomic E-state index is 0.722. The van der Waals surface area contributed by atoms with Crippen molar-refractivity contribution >= 4 is 23.2 Å². The molecule has 1 nitrogen and oxygen atoms in total. The molecule has 78 valence electrons. The molecule has 0 aliphatic heterocycles. The average molecular weight is 232 g/mol. The van der Waals surface area contributed by atoms with Crippen molar-refractivity contribution in [3.63, 3.8) is 0 Å². The molecule has 0 amide bonds. The van der Waals surface area contributed by atoms with Crippen molar-refractivity contribution in [1.29, 1.82) is 0 Å². The van der Waals surface area contributed by atoms with Gasteiger partial charge in [-0.15, -0.1) is 11.6 Å². The van der Waals surface area contributed by atoms with E-state index in [9.17, 15) is 0 Å². The van der Waals surface area contributed by atoms with Crippen LogP contribution in [0.4, 0.5) is 0 Å². The third kappa shape index (κ3) is 4.32. The van der Waals surface area contributed by atoms with Gasteiger partial charge in [-0.2, -0.15) is 0 Å². The highest BCUT2D eigenvalue weighted by atomic mass is 35.5. The molecule has 0 saturated heterocycles. The van der Waals surface area contributed by atoms with E-state index < -0.39 is 0 Å². The zero-order valence-electron chi connectivity index (χ0n) is 8.34. The molecule has 3 heteroatoms. The Hall–Kier alpha value is -0.240. The summed E-state index contributed by atoms with van der Waals surface area (Å²) in [5, 5.41) is 0.799. The van der Waals surface area contributed by atoms with Gasteiger partial charge in [-0.25, -0.2) is 0 Å². The van der Waals surface area contributed by atoms with Crippen LogP contribution in [0.15, 0.2) is 24.3 Å². The van der Waals surface area contributed by atoms with Crippen LogP contribution < -0.4 is 0 Å². The maximum Gasteiger partial charge on any atom is 0.0409 e. The van der Waals surface area contributed by atoms with Crippen molar-refractivity contribution in [2.24, 2.45) is 0 Å². The predicted molar refractivity (Wildman–Crippen MR) is 63.1 cm³/mol. The van der Waals surface area contributed by atoms with E-state index in [0.717, 1.165) is 30.4 Å². The normalized spacial score (nSPS) is 10.9. The fourth-order valence-corrected chi connectivity index (χ4v) is 1.69. The molecule has 0 aliphatic carbocycles. The Labute approximate surface area is 95.6 Å². The second-order valence-corrected chi connectivity index (χ2v) is 4.22. The first-order valence-corrected chi connectivity index (χ1v) is 5.62. The van der Waals surface area contributed by atoms with Crippen LogP contribution in [0, 0.1) is 0 Å². The molecule has 0 bridgehead atoms. The highest BCUT2D eigenvalue weighted by molar-refractivity contribution is 6.30. The fraction of sp³-hybridized carbons (Fsp3) is 0.455. The van der Waals surface area contributed by atoms with Gasteiger partial charge in [-0.1, -0.05) is 23.7 Å². The van der Waals surface area contributed by atoms with E-state index in [0.29, 0.717) is 0 Å². The molecule has 0 aromatic heterocycles. The molecule has 1 aromatic rings. The number of hydrogen-bond acceptors (Lipinski definition) is 1. The molecule has 0 saturated carbocycles. The SMILES string of the molecule is CN(CCCCl)Cc1cccc(Cl)c1. The number of rotatable bonds is 5. The lowest BCUT2D eigenvalue weighted by Crippen LogP contribution is -2.19. The van der Waals surface area contributed by atoms with Crippen molar-refractivity contribution < 1.29 is 0 Å². The molecule has 0 heterocycles. The Morgan fingerprint density at radius 3 is 2.79 bits per heavy atom. The summed E-state index contributed by atoms with van der Waals surface area (Å²) in [6.07, 6.45) is 1.03. The van der Waals surface area contributed by atoms with Gasteiger partial charge >= 0.3 is 0 Å². The lowest BCUT2D eigenvalue weighted by Gasteiger charge is -2.15. The summed E-state index contributed by atoms with van der Waals surface area (Å²) in [5.41, 5.74) is 1.24. The van der Waals surface area contributed by atoms with Crippen molar-refractivity contribution in [2.75, 3.05) is 19.5 Å². The molecule has 0 aliphatic rings. The largest absolute Gasteiger partial charge is 0.302 e. The van der Waals surface area contributed by atoms with Crippen LogP contribution in [0.2, 0.25) is 5.02 Å². The van der Waals surface area contributed by atoms with Crippen LogP contribution in [-0.2, 0) is 6.54 Å². The molecule has 1 rings (SSSR count). The monoisotopic (exact) mass is 231 g/mol. The van der Waals surface area contributed by atoms with E-state index in [1.165, 1.54) is 5.56 Å². The number of alkyl halides is 1. The first-order chi connectivity index (χ1) is 6.72. The summed E-state index contributed by atoms with van der Waals surface area (Å²) < 4.78 is 0. The molecule has 0 atom stereocenters. The summed E-state index contributed by atoms with van der Waals surface area (Å²) in [6.45, 7) is 1.95. The van der Waals surface area contributed by atoms with Gasteiger partial charge in [0, 0.05) is 17.4 Å². The summed E-state index contributed by atoms with van der Waals surface area (Å²) >= 11 is 11.5. The van der Waals surface area contributed by atoms with E-state index in [1.54, 1.807) is 0 Å². The summed E-state index contributed by atoms with van der Waals surface area (Å²) in [5.74, 6) is 0.722. The standard InChI is InChI=1S/C11H15Cl2N/c1-14(7-3-6-12)9-10-4-2-5-11(13)8-10/h2,4-5,8H,3,6-7,9H2,1H3. The second-order valence-electron chi connectivity index (χ2n) is 3.41. The molecule has 0 spiro atoms. The molecule has 0 radical (unpaired) electrons. The number of benzene rings is 1. The molecule has 0 N–H and O–H groups in total. The van der Waals surface area contributed by atoms with Crippen LogP contribution in [0.5, 0.6) is 0 Å². The second kappa shape index (κ2) is 6.28. The number of halogens is 2. The van der Waals surface area contributed by atoms with Gasteiger partial charge in [0.2, 0.25) is 0 Å². The van der Waals surface area contributed by atoms with Gasteiger partial charge in [0.1, 0.15) is 0 Å². The summed E-state index contributed by atoms with van der Waals surface area (Å²) in [4.78, 5) is 2.24. The predicted octanol–water partition coefficient (Wildman–Crippen LogP) is 3.40. The lowest BCUT2D eigenvalue weighted by atomic mass is 10.2. The van der Waals surface area contributed by atoms with Gasteiger partial charge in [0.05, 0.1) is 0 Å². The highest BCUT2D eigenvalue weighted by Gasteiger charge is 1.99. The molecular formula is C11H15Cl2N. The van der Waals surface area contributed by atoms with Gasteiger partial charge in [-0.05, 0) is 37.7 Å². The minimum Gasteiger partial charge on any atom is -0.302 e. The van der Waals surface area contributed by atoms with Crippen LogP contribution in [0.3, 0.4) is 0 Å². The minimum absolute atomic E-state index is 0.722. The van der Waals surface area contributed by atoms with E-state index in [1.807, 2.05) is 18.2 Å². The Kier molecular flexibility index (Phi) is 5.31. The number of hydrogen-bond donors (Lipinski definition) is 0. The van der Waals surface area contributed by atoms with Crippen LogP contribution in [0.25, 0.3) is 0 Å². The first kappa shape index (κ1) is 11.8. The van der Waals surface area contributed by atoms with E-state index in [2.05, 4.69) is 18.0 Å². The quantitative estimate of drug-likeness (QED) is 0.703. The Morgan fingerprint density at radius 1 is 1.36 bits per heavy atom. The zero-order valence-corrected chi connectivity index (χ0v) is 9.85. The smallest absolute Gasteiger partial charge is 0.0409 e. The fourth-order valence-electron chi connectivity index (χ4n) is 1.36. The van der Waals surface area contributed by atoms with Crippen molar-refractivity contribution in [3.05, 3.63) is 34.9 Å². The molecule has 1 aromatic carbocycles. The molecule has 0 fully saturated rings. The lowest BCUT2D eigenvalue weighted by molar-refractivity contribution is 0.328. The Bertz CT molecular complexity index is 276. The highest BCUT2D eigenvalue weighted by Crippen LogP contribution is 2.12. The van der Waals surface area contributed by atoms with Crippen molar-refractivity contribution in [1.82, 2.24) is 4.90 Å². The van der Waals surface area contributed by atoms with Gasteiger partial charge in [0.15, 0.2) is 0 Å². The van der Waals surface area contributed by atoms with Crippen LogP contribution in [0.1, 0.15) is 12.0 Å². The Morgan fingerprint density at radius 2 is 2.14 bits per heavy atom. The first-order valence-electron chi connectivity index (χ1n) is 4.71. The topological polar surface area (TPSA) is 3.24 Å². The molecule has 14 heavy (non-hydrogen) atoms. The third-order valence-electron chi connectivity index (χ3n) is 2.01. The summed E-state index contributed by atoms with van der Waals surface area (Å²) in [7, 11) is 2.09. The summed E-state index contributed by atoms with van der Waals surface area (Å²) in [6, 6.07) is 7.96. The van der Waals surface area contributed by atoms with Crippen molar-refractivity contribution in [3.8, 4) is 0 Å². The zero-order chi connectivity index (χ0) is 10.4. The van der Waals surface area contributed by atoms with Crippen LogP contribution >= 0.6 is 23.2 Å². The maximum atomic E-state index is 5.89. The molecule has 0 unspecified atom stereocenters. The van der Waals surface area contributed by atoms with Gasteiger partial charge < -0.3 is 4.90 Å². The average Bonchev–Trinajstić information content (AvgIpc) is 2.15. The molecular weight excluding hydrogens is 217 g/mol. The maximum absolute atomic E-state index is 5.89. The Balaban J connectivity index is 2.43. The van der Waals surface area contributed by atoms with Gasteiger partial charge in [0.25, 0.3) is 0 Å². The van der Waals surface area contributed by atoms with E-state index in [4.69, 9.17) is 23.2 Å². The van der Waals surface area contributed by atoms with Crippen molar-refractivity contribution in [2.45, 2.75) is 13.0 Å². The number of nitrogens with zero attached hydrogens (tertiary/aromatic N) is 1. The van der Waals surface area contributed by atoms with E-state index >= 15 is 0 Å². The van der Waals surface area contributed by atoms with Crippen LogP contribution in [-0.4, -0.2) is 24.4 Å². The van der Waals surface area contributed by atoms with E-state index in [-0.39, 0.29) is 0 Å². The van der Waals surface area contributed by atoms with Gasteiger partial charge in [-0.3, -0.25) is 0 Å². The third-order valence-corrected chi connectivity index (χ3v) is 2.52.